The van der Waals surface area contributed by atoms with E-state index in [0.29, 0.717) is 13.2 Å². The molecule has 0 aromatic heterocycles. The third-order valence-corrected chi connectivity index (χ3v) is 3.46. The van der Waals surface area contributed by atoms with Gasteiger partial charge in [-0.05, 0) is 38.9 Å². The second kappa shape index (κ2) is 6.76. The number of rotatable bonds is 5. The predicted molar refractivity (Wildman–Crippen MR) is 72.9 cm³/mol. The Morgan fingerprint density at radius 2 is 1.94 bits per heavy atom. The third-order valence-electron chi connectivity index (χ3n) is 3.46. The smallest absolute Gasteiger partial charge is 0.125 e. The average Bonchev–Trinajstić information content (AvgIpc) is 2.41. The van der Waals surface area contributed by atoms with Gasteiger partial charge in [0.2, 0.25) is 0 Å². The number of nitrogens with zero attached hydrogens (tertiary/aromatic N) is 1. The monoisotopic (exact) mass is 249 g/mol. The fourth-order valence-electron chi connectivity index (χ4n) is 2.53. The lowest BCUT2D eigenvalue weighted by Crippen LogP contribution is -2.33. The summed E-state index contributed by atoms with van der Waals surface area (Å²) in [5.74, 6) is 0.810. The number of aliphatic hydroxyl groups excluding tert-OH is 1. The van der Waals surface area contributed by atoms with Crippen LogP contribution in [0.5, 0.6) is 5.75 Å². The van der Waals surface area contributed by atoms with Gasteiger partial charge in [0.25, 0.3) is 0 Å². The van der Waals surface area contributed by atoms with E-state index in [2.05, 4.69) is 4.90 Å². The van der Waals surface area contributed by atoms with Gasteiger partial charge in [0.05, 0.1) is 12.7 Å². The van der Waals surface area contributed by atoms with Crippen LogP contribution in [-0.2, 0) is 0 Å². The molecule has 1 aromatic carbocycles. The highest BCUT2D eigenvalue weighted by Crippen LogP contribution is 2.26. The van der Waals surface area contributed by atoms with Crippen molar-refractivity contribution >= 4 is 0 Å². The number of likely N-dealkylation sites (tertiary alicyclic amines) is 1. The molecule has 0 saturated carbocycles. The topological polar surface area (TPSA) is 32.7 Å². The largest absolute Gasteiger partial charge is 0.493 e. The van der Waals surface area contributed by atoms with Crippen molar-refractivity contribution in [3.63, 3.8) is 0 Å². The first-order valence-electron chi connectivity index (χ1n) is 6.93. The summed E-state index contributed by atoms with van der Waals surface area (Å²) < 4.78 is 5.57. The molecule has 1 N–H and O–H groups in total. The molecule has 1 atom stereocenters. The first-order chi connectivity index (χ1) is 8.81. The minimum absolute atomic E-state index is 0.453. The van der Waals surface area contributed by atoms with Crippen molar-refractivity contribution in [1.82, 2.24) is 4.90 Å². The normalized spacial score (nSPS) is 18.6. The van der Waals surface area contributed by atoms with Crippen LogP contribution in [0.1, 0.15) is 37.9 Å². The van der Waals surface area contributed by atoms with Gasteiger partial charge in [-0.15, -0.1) is 0 Å². The quantitative estimate of drug-likeness (QED) is 0.870. The van der Waals surface area contributed by atoms with Gasteiger partial charge in [-0.1, -0.05) is 24.6 Å². The highest BCUT2D eigenvalue weighted by Gasteiger charge is 2.18. The first kappa shape index (κ1) is 13.4. The maximum Gasteiger partial charge on any atom is 0.125 e. The molecule has 3 heteroatoms. The molecule has 3 nitrogen and oxygen atoms in total. The second-order valence-corrected chi connectivity index (χ2v) is 4.85. The van der Waals surface area contributed by atoms with Crippen LogP contribution >= 0.6 is 0 Å². The fourth-order valence-corrected chi connectivity index (χ4v) is 2.53. The minimum Gasteiger partial charge on any atom is -0.493 e. The molecule has 100 valence electrons. The molecule has 1 heterocycles. The van der Waals surface area contributed by atoms with Crippen molar-refractivity contribution in [1.29, 1.82) is 0 Å². The number of piperidine rings is 1. The molecule has 0 spiro atoms. The SMILES string of the molecule is CCOc1ccccc1C(O)CN1CCCCC1. The van der Waals surface area contributed by atoms with E-state index < -0.39 is 6.10 Å². The lowest BCUT2D eigenvalue weighted by Gasteiger charge is -2.29. The zero-order chi connectivity index (χ0) is 12.8. The van der Waals surface area contributed by atoms with Gasteiger partial charge >= 0.3 is 0 Å². The van der Waals surface area contributed by atoms with Crippen LogP contribution in [0.15, 0.2) is 24.3 Å². The zero-order valence-corrected chi connectivity index (χ0v) is 11.1. The van der Waals surface area contributed by atoms with Crippen molar-refractivity contribution < 1.29 is 9.84 Å². The number of ether oxygens (including phenoxy) is 1. The highest BCUT2D eigenvalue weighted by atomic mass is 16.5. The summed E-state index contributed by atoms with van der Waals surface area (Å²) in [6.45, 7) is 5.52. The number of β-amino-alcohol motifs (C(OH)–C–C–N with tert-alkyl or cyclic N) is 1. The van der Waals surface area contributed by atoms with Crippen molar-refractivity contribution in [3.8, 4) is 5.75 Å². The third kappa shape index (κ3) is 3.47. The lowest BCUT2D eigenvalue weighted by atomic mass is 10.1. The van der Waals surface area contributed by atoms with Crippen molar-refractivity contribution in [2.45, 2.75) is 32.3 Å². The van der Waals surface area contributed by atoms with E-state index in [1.54, 1.807) is 0 Å². The highest BCUT2D eigenvalue weighted by molar-refractivity contribution is 5.35. The van der Waals surface area contributed by atoms with Crippen LogP contribution in [0, 0.1) is 0 Å². The summed E-state index contributed by atoms with van der Waals surface area (Å²) in [5.41, 5.74) is 0.907. The molecule has 1 saturated heterocycles. The molecule has 1 aliphatic heterocycles. The summed E-state index contributed by atoms with van der Waals surface area (Å²) in [4.78, 5) is 2.34. The molecule has 1 unspecified atom stereocenters. The van der Waals surface area contributed by atoms with Crippen LogP contribution in [-0.4, -0.2) is 36.2 Å². The zero-order valence-electron chi connectivity index (χ0n) is 11.1. The Hall–Kier alpha value is -1.06. The fraction of sp³-hybridized carbons (Fsp3) is 0.600. The van der Waals surface area contributed by atoms with E-state index in [0.717, 1.165) is 24.4 Å². The van der Waals surface area contributed by atoms with Gasteiger partial charge in [0.15, 0.2) is 0 Å². The molecule has 1 aliphatic rings. The summed E-state index contributed by atoms with van der Waals surface area (Å²) in [6, 6.07) is 7.79. The Labute approximate surface area is 109 Å². The van der Waals surface area contributed by atoms with E-state index >= 15 is 0 Å². The summed E-state index contributed by atoms with van der Waals surface area (Å²) >= 11 is 0. The molecule has 18 heavy (non-hydrogen) atoms. The van der Waals surface area contributed by atoms with E-state index in [9.17, 15) is 5.11 Å². The number of aliphatic hydroxyl groups is 1. The van der Waals surface area contributed by atoms with Crippen LogP contribution in [0.25, 0.3) is 0 Å². The Morgan fingerprint density at radius 3 is 2.67 bits per heavy atom. The molecule has 2 rings (SSSR count). The van der Waals surface area contributed by atoms with Gasteiger partial charge in [-0.3, -0.25) is 0 Å². The molecular weight excluding hydrogens is 226 g/mol. The Balaban J connectivity index is 2.00. The predicted octanol–water partition coefficient (Wildman–Crippen LogP) is 2.60. The number of benzene rings is 1. The van der Waals surface area contributed by atoms with Crippen LogP contribution < -0.4 is 4.74 Å². The van der Waals surface area contributed by atoms with E-state index in [1.807, 2.05) is 31.2 Å². The van der Waals surface area contributed by atoms with Gasteiger partial charge < -0.3 is 14.7 Å². The number of para-hydroxylation sites is 1. The van der Waals surface area contributed by atoms with Crippen molar-refractivity contribution in [2.24, 2.45) is 0 Å². The Morgan fingerprint density at radius 1 is 1.22 bits per heavy atom. The number of hydrogen-bond donors (Lipinski definition) is 1. The maximum atomic E-state index is 10.4. The Kier molecular flexibility index (Phi) is 5.02. The molecular formula is C15H23NO2. The van der Waals surface area contributed by atoms with Crippen molar-refractivity contribution in [3.05, 3.63) is 29.8 Å². The summed E-state index contributed by atoms with van der Waals surface area (Å²) in [5, 5.41) is 10.4. The average molecular weight is 249 g/mol. The first-order valence-corrected chi connectivity index (χ1v) is 6.93. The van der Waals surface area contributed by atoms with Gasteiger partial charge in [-0.2, -0.15) is 0 Å². The van der Waals surface area contributed by atoms with Crippen LogP contribution in [0.2, 0.25) is 0 Å². The molecule has 1 aromatic rings. The van der Waals surface area contributed by atoms with Crippen LogP contribution in [0.3, 0.4) is 0 Å². The van der Waals surface area contributed by atoms with Crippen LogP contribution in [0.4, 0.5) is 0 Å². The molecule has 0 aliphatic carbocycles. The van der Waals surface area contributed by atoms with E-state index in [-0.39, 0.29) is 0 Å². The van der Waals surface area contributed by atoms with Crippen molar-refractivity contribution in [2.75, 3.05) is 26.2 Å². The van der Waals surface area contributed by atoms with Gasteiger partial charge in [0, 0.05) is 12.1 Å². The van der Waals surface area contributed by atoms with E-state index in [1.165, 1.54) is 19.3 Å². The molecule has 0 bridgehead atoms. The second-order valence-electron chi connectivity index (χ2n) is 4.85. The Bertz CT molecular complexity index is 361. The molecule has 0 amide bonds. The van der Waals surface area contributed by atoms with Gasteiger partial charge in [0.1, 0.15) is 5.75 Å². The summed E-state index contributed by atoms with van der Waals surface area (Å²) in [7, 11) is 0. The maximum absolute atomic E-state index is 10.4. The molecule has 1 fully saturated rings. The summed E-state index contributed by atoms with van der Waals surface area (Å²) in [6.07, 6.45) is 3.37. The molecule has 0 radical (unpaired) electrons. The standard InChI is InChI=1S/C15H23NO2/c1-2-18-15-9-5-4-8-13(15)14(17)12-16-10-6-3-7-11-16/h4-5,8-9,14,17H,2-3,6-7,10-12H2,1H3. The lowest BCUT2D eigenvalue weighted by molar-refractivity contribution is 0.0989. The van der Waals surface area contributed by atoms with E-state index in [4.69, 9.17) is 4.74 Å². The number of hydrogen-bond acceptors (Lipinski definition) is 3. The van der Waals surface area contributed by atoms with Gasteiger partial charge in [-0.25, -0.2) is 0 Å². The minimum atomic E-state index is -0.453.